The first-order valence-corrected chi connectivity index (χ1v) is 8.60. The number of hydrogen-bond acceptors (Lipinski definition) is 4. The molecule has 0 spiro atoms. The zero-order chi connectivity index (χ0) is 19.1. The Hall–Kier alpha value is -3.19. The zero-order valence-corrected chi connectivity index (χ0v) is 15.0. The number of imidazole rings is 1. The van der Waals surface area contributed by atoms with Crippen LogP contribution in [0.3, 0.4) is 0 Å². The Morgan fingerprint density at radius 1 is 1.30 bits per heavy atom. The van der Waals surface area contributed by atoms with Gasteiger partial charge in [0.05, 0.1) is 24.0 Å². The number of rotatable bonds is 7. The Kier molecular flexibility index (Phi) is 6.17. The van der Waals surface area contributed by atoms with Crippen LogP contribution in [0.5, 0.6) is 0 Å². The topological polar surface area (TPSA) is 82.2 Å². The van der Waals surface area contributed by atoms with Gasteiger partial charge >= 0.3 is 0 Å². The van der Waals surface area contributed by atoms with Crippen molar-refractivity contribution >= 4 is 35.2 Å². The van der Waals surface area contributed by atoms with E-state index in [2.05, 4.69) is 25.6 Å². The summed E-state index contributed by atoms with van der Waals surface area (Å²) in [7, 11) is 0. The van der Waals surface area contributed by atoms with E-state index in [4.69, 9.17) is 11.6 Å². The summed E-state index contributed by atoms with van der Waals surface area (Å²) < 4.78 is 14.2. The van der Waals surface area contributed by atoms with Gasteiger partial charge in [-0.3, -0.25) is 4.79 Å². The van der Waals surface area contributed by atoms with E-state index < -0.39 is 5.82 Å². The van der Waals surface area contributed by atoms with Crippen LogP contribution in [0.1, 0.15) is 16.1 Å². The second-order valence-corrected chi connectivity index (χ2v) is 6.07. The molecule has 8 heteroatoms. The Bertz CT molecular complexity index is 943. The number of aliphatic imine (C=N–C) groups is 1. The number of amides is 1. The van der Waals surface area contributed by atoms with Gasteiger partial charge in [0.15, 0.2) is 0 Å². The number of anilines is 1. The van der Waals surface area contributed by atoms with Crippen molar-refractivity contribution in [3.63, 3.8) is 0 Å². The quantitative estimate of drug-likeness (QED) is 0.425. The van der Waals surface area contributed by atoms with Gasteiger partial charge in [-0.15, -0.1) is 0 Å². The number of nitrogens with zero attached hydrogens (tertiary/aromatic N) is 2. The average Bonchev–Trinajstić information content (AvgIpc) is 3.17. The number of hydrogen-bond donors (Lipinski definition) is 3. The Labute approximate surface area is 160 Å². The molecule has 3 rings (SSSR count). The molecule has 27 heavy (non-hydrogen) atoms. The molecule has 0 aliphatic heterocycles. The summed E-state index contributed by atoms with van der Waals surface area (Å²) in [5.41, 5.74) is 2.00. The molecule has 138 valence electrons. The number of carbonyl (C=O) groups is 1. The highest BCUT2D eigenvalue weighted by atomic mass is 35.5. The molecule has 1 aromatic heterocycles. The van der Waals surface area contributed by atoms with Crippen LogP contribution in [0.15, 0.2) is 60.0 Å². The normalized spacial score (nSPS) is 10.9. The van der Waals surface area contributed by atoms with E-state index in [-0.39, 0.29) is 11.6 Å². The lowest BCUT2D eigenvalue weighted by molar-refractivity contribution is 0.0978. The molecular formula is C19H17ClFN5O. The summed E-state index contributed by atoms with van der Waals surface area (Å²) in [5, 5.41) is 6.04. The molecule has 1 heterocycles. The van der Waals surface area contributed by atoms with Crippen LogP contribution in [0.25, 0.3) is 0 Å². The first-order valence-electron chi connectivity index (χ1n) is 8.22. The molecule has 3 aromatic rings. The number of aromatic nitrogens is 2. The maximum Gasteiger partial charge on any atom is 0.256 e. The van der Waals surface area contributed by atoms with Gasteiger partial charge in [-0.1, -0.05) is 23.7 Å². The minimum atomic E-state index is -0.421. The molecule has 0 radical (unpaired) electrons. The Morgan fingerprint density at radius 3 is 2.93 bits per heavy atom. The second kappa shape index (κ2) is 8.95. The van der Waals surface area contributed by atoms with E-state index in [1.165, 1.54) is 12.4 Å². The molecule has 0 unspecified atom stereocenters. The van der Waals surface area contributed by atoms with Gasteiger partial charge in [0, 0.05) is 35.4 Å². The molecule has 0 aliphatic carbocycles. The summed E-state index contributed by atoms with van der Waals surface area (Å²) in [6.07, 6.45) is 5.20. The molecular weight excluding hydrogens is 369 g/mol. The van der Waals surface area contributed by atoms with Crippen molar-refractivity contribution in [3.05, 3.63) is 77.1 Å². The molecule has 0 bridgehead atoms. The monoisotopic (exact) mass is 385 g/mol. The van der Waals surface area contributed by atoms with Crippen LogP contribution in [-0.2, 0) is 6.42 Å². The van der Waals surface area contributed by atoms with Crippen LogP contribution in [0.4, 0.5) is 15.8 Å². The van der Waals surface area contributed by atoms with E-state index in [9.17, 15) is 9.18 Å². The minimum absolute atomic E-state index is 0.269. The third-order valence-electron chi connectivity index (χ3n) is 3.73. The van der Waals surface area contributed by atoms with Gasteiger partial charge in [-0.2, -0.15) is 0 Å². The number of aromatic amines is 1. The average molecular weight is 386 g/mol. The van der Waals surface area contributed by atoms with Gasteiger partial charge in [-0.25, -0.2) is 14.4 Å². The van der Waals surface area contributed by atoms with Crippen molar-refractivity contribution in [1.29, 1.82) is 0 Å². The minimum Gasteiger partial charge on any atom is -0.381 e. The summed E-state index contributed by atoms with van der Waals surface area (Å²) in [6, 6.07) is 11.1. The smallest absolute Gasteiger partial charge is 0.256 e. The molecule has 1 amide bonds. The highest BCUT2D eigenvalue weighted by Gasteiger charge is 2.08. The van der Waals surface area contributed by atoms with Crippen LogP contribution >= 0.6 is 11.6 Å². The standard InChI is InChI=1S/C19H17ClFN5O/c20-14-4-1-3-13(9-14)19(27)26-12-25-17-6-2-5-16(21)18(17)23-8-7-15-10-22-11-24-15/h1-6,9-12,23H,7-8H2,(H,22,24)(H,25,26,27). The second-order valence-electron chi connectivity index (χ2n) is 5.63. The van der Waals surface area contributed by atoms with E-state index in [1.54, 1.807) is 48.9 Å². The largest absolute Gasteiger partial charge is 0.381 e. The number of para-hydroxylation sites is 1. The van der Waals surface area contributed by atoms with Crippen LogP contribution in [0, 0.1) is 5.82 Å². The number of nitrogens with one attached hydrogen (secondary N) is 3. The van der Waals surface area contributed by atoms with Crippen molar-refractivity contribution in [3.8, 4) is 0 Å². The molecule has 6 nitrogen and oxygen atoms in total. The van der Waals surface area contributed by atoms with E-state index in [1.807, 2.05) is 0 Å². The van der Waals surface area contributed by atoms with Crippen LogP contribution in [0.2, 0.25) is 5.02 Å². The molecule has 0 fully saturated rings. The van der Waals surface area contributed by atoms with Gasteiger partial charge < -0.3 is 15.6 Å². The Balaban J connectivity index is 1.64. The molecule has 0 saturated heterocycles. The maximum atomic E-state index is 14.2. The predicted molar refractivity (Wildman–Crippen MR) is 104 cm³/mol. The lowest BCUT2D eigenvalue weighted by atomic mass is 10.2. The number of halogens is 2. The van der Waals surface area contributed by atoms with E-state index in [0.717, 1.165) is 5.69 Å². The molecule has 3 N–H and O–H groups in total. The molecule has 0 saturated carbocycles. The lowest BCUT2D eigenvalue weighted by Gasteiger charge is -2.10. The van der Waals surface area contributed by atoms with E-state index >= 15 is 0 Å². The van der Waals surface area contributed by atoms with Gasteiger partial charge in [0.25, 0.3) is 5.91 Å². The molecule has 0 aliphatic rings. The van der Waals surface area contributed by atoms with Gasteiger partial charge in [-0.05, 0) is 30.3 Å². The van der Waals surface area contributed by atoms with E-state index in [0.29, 0.717) is 29.2 Å². The Morgan fingerprint density at radius 2 is 2.15 bits per heavy atom. The third kappa shape index (κ3) is 5.15. The molecule has 2 aromatic carbocycles. The maximum absolute atomic E-state index is 14.2. The number of carbonyl (C=O) groups excluding carboxylic acids is 1. The van der Waals surface area contributed by atoms with Crippen molar-refractivity contribution in [2.75, 3.05) is 11.9 Å². The zero-order valence-electron chi connectivity index (χ0n) is 14.2. The number of benzene rings is 2. The summed E-state index contributed by atoms with van der Waals surface area (Å²) in [5.74, 6) is -0.776. The van der Waals surface area contributed by atoms with Crippen LogP contribution < -0.4 is 10.6 Å². The fourth-order valence-electron chi connectivity index (χ4n) is 2.41. The highest BCUT2D eigenvalue weighted by molar-refractivity contribution is 6.31. The summed E-state index contributed by atoms with van der Waals surface area (Å²) in [4.78, 5) is 23.2. The van der Waals surface area contributed by atoms with Gasteiger partial charge in [0.1, 0.15) is 5.82 Å². The summed E-state index contributed by atoms with van der Waals surface area (Å²) in [6.45, 7) is 0.501. The van der Waals surface area contributed by atoms with Crippen molar-refractivity contribution in [2.45, 2.75) is 6.42 Å². The fraction of sp³-hybridized carbons (Fsp3) is 0.105. The first-order chi connectivity index (χ1) is 13.1. The summed E-state index contributed by atoms with van der Waals surface area (Å²) >= 11 is 5.87. The highest BCUT2D eigenvalue weighted by Crippen LogP contribution is 2.27. The SMILES string of the molecule is O=C(NC=Nc1cccc(F)c1NCCc1cnc[nH]1)c1cccc(Cl)c1. The van der Waals surface area contributed by atoms with Crippen molar-refractivity contribution < 1.29 is 9.18 Å². The fourth-order valence-corrected chi connectivity index (χ4v) is 2.60. The predicted octanol–water partition coefficient (Wildman–Crippen LogP) is 3.95. The lowest BCUT2D eigenvalue weighted by Crippen LogP contribution is -2.21. The van der Waals surface area contributed by atoms with Crippen molar-refractivity contribution in [2.24, 2.45) is 4.99 Å². The van der Waals surface area contributed by atoms with Crippen molar-refractivity contribution in [1.82, 2.24) is 15.3 Å². The molecule has 0 atom stereocenters. The third-order valence-corrected chi connectivity index (χ3v) is 3.96. The first kappa shape index (κ1) is 18.6. The van der Waals surface area contributed by atoms with Crippen LogP contribution in [-0.4, -0.2) is 28.8 Å². The van der Waals surface area contributed by atoms with Gasteiger partial charge in [0.2, 0.25) is 0 Å². The number of H-pyrrole nitrogens is 1.